The van der Waals surface area contributed by atoms with E-state index in [1.807, 2.05) is 31.2 Å². The van der Waals surface area contributed by atoms with Crippen molar-refractivity contribution in [2.75, 3.05) is 6.54 Å². The number of hydrogen-bond donors (Lipinski definition) is 9. The summed E-state index contributed by atoms with van der Waals surface area (Å²) in [5.41, 5.74) is 18.2. The summed E-state index contributed by atoms with van der Waals surface area (Å²) >= 11 is 0. The highest BCUT2D eigenvalue weighted by Crippen LogP contribution is 2.20. The molecule has 0 saturated heterocycles. The lowest BCUT2D eigenvalue weighted by atomic mass is 9.96. The number of carbonyl (C=O) groups is 4. The van der Waals surface area contributed by atoms with Gasteiger partial charge in [0.25, 0.3) is 0 Å². The van der Waals surface area contributed by atoms with Crippen molar-refractivity contribution < 1.29 is 29.4 Å². The first kappa shape index (κ1) is 33.0. The molecule has 0 aliphatic carbocycles. The summed E-state index contributed by atoms with van der Waals surface area (Å²) in [4.78, 5) is 58.3. The molecule has 6 unspecified atom stereocenters. The fraction of sp³-hybridized carbons (Fsp3) is 0.519. The van der Waals surface area contributed by atoms with Crippen molar-refractivity contribution in [1.82, 2.24) is 20.9 Å². The molecule has 2 rings (SSSR count). The van der Waals surface area contributed by atoms with Crippen LogP contribution in [0.4, 0.5) is 0 Å². The average molecular weight is 575 g/mol. The number of rotatable bonds is 16. The summed E-state index contributed by atoms with van der Waals surface area (Å²) in [6.07, 6.45) is 1.59. The lowest BCUT2D eigenvalue weighted by Crippen LogP contribution is -2.60. The molecule has 12 N–H and O–H groups in total. The molecule has 41 heavy (non-hydrogen) atoms. The number of nitrogens with zero attached hydrogens (tertiary/aromatic N) is 1. The van der Waals surface area contributed by atoms with Gasteiger partial charge in [-0.3, -0.25) is 19.4 Å². The van der Waals surface area contributed by atoms with Crippen LogP contribution in [0.5, 0.6) is 0 Å². The third-order valence-electron chi connectivity index (χ3n) is 6.88. The Morgan fingerprint density at radius 3 is 2.27 bits per heavy atom. The highest BCUT2D eigenvalue weighted by molar-refractivity contribution is 5.95. The van der Waals surface area contributed by atoms with Crippen LogP contribution in [0.2, 0.25) is 0 Å². The second-order valence-electron chi connectivity index (χ2n) is 10.1. The molecule has 0 fully saturated rings. The van der Waals surface area contributed by atoms with Crippen LogP contribution < -0.4 is 33.2 Å². The quantitative estimate of drug-likeness (QED) is 0.0680. The van der Waals surface area contributed by atoms with Crippen LogP contribution in [-0.4, -0.2) is 81.7 Å². The van der Waals surface area contributed by atoms with Crippen LogP contribution in [0.25, 0.3) is 10.9 Å². The van der Waals surface area contributed by atoms with E-state index in [0.717, 1.165) is 10.9 Å². The summed E-state index contributed by atoms with van der Waals surface area (Å²) < 4.78 is 0. The summed E-state index contributed by atoms with van der Waals surface area (Å²) in [5.74, 6) is -3.80. The molecule has 1 aromatic carbocycles. The smallest absolute Gasteiger partial charge is 0.328 e. The molecule has 0 aliphatic heterocycles. The third-order valence-corrected chi connectivity index (χ3v) is 6.88. The van der Waals surface area contributed by atoms with E-state index >= 15 is 0 Å². The van der Waals surface area contributed by atoms with Gasteiger partial charge in [0.1, 0.15) is 12.1 Å². The molecular weight excluding hydrogens is 532 g/mol. The number of aliphatic carboxylic acids is 1. The van der Waals surface area contributed by atoms with Crippen LogP contribution >= 0.6 is 0 Å². The van der Waals surface area contributed by atoms with Gasteiger partial charge in [0.2, 0.25) is 17.7 Å². The molecule has 0 spiro atoms. The fourth-order valence-electron chi connectivity index (χ4n) is 4.25. The Balaban J connectivity index is 2.26. The van der Waals surface area contributed by atoms with Crippen LogP contribution in [0.1, 0.15) is 45.6 Å². The second-order valence-corrected chi connectivity index (χ2v) is 10.1. The number of aliphatic hydroxyl groups is 1. The number of nitrogens with two attached hydrogens (primary N) is 3. The predicted octanol–water partition coefficient (Wildman–Crippen LogP) is -0.943. The number of benzene rings is 1. The maximum absolute atomic E-state index is 13.5. The maximum atomic E-state index is 13.5. The topological polar surface area (TPSA) is 251 Å². The van der Waals surface area contributed by atoms with Gasteiger partial charge in [0.05, 0.1) is 12.1 Å². The first-order valence-electron chi connectivity index (χ1n) is 13.5. The number of aromatic amines is 1. The maximum Gasteiger partial charge on any atom is 0.328 e. The summed E-state index contributed by atoms with van der Waals surface area (Å²) in [6, 6.07) is 2.62. The summed E-state index contributed by atoms with van der Waals surface area (Å²) in [5, 5.41) is 27.8. The number of carboxylic acids is 1. The summed E-state index contributed by atoms with van der Waals surface area (Å²) in [6.45, 7) is 5.16. The van der Waals surface area contributed by atoms with E-state index in [4.69, 9.17) is 17.2 Å². The molecular formula is C27H42N8O6. The van der Waals surface area contributed by atoms with Gasteiger partial charge in [0, 0.05) is 30.1 Å². The van der Waals surface area contributed by atoms with E-state index in [1.54, 1.807) is 13.1 Å². The van der Waals surface area contributed by atoms with Gasteiger partial charge < -0.3 is 48.3 Å². The van der Waals surface area contributed by atoms with Gasteiger partial charge in [-0.2, -0.15) is 0 Å². The zero-order valence-electron chi connectivity index (χ0n) is 23.6. The number of amides is 3. The number of nitrogens with one attached hydrogen (secondary N) is 4. The van der Waals surface area contributed by atoms with E-state index in [-0.39, 0.29) is 24.7 Å². The van der Waals surface area contributed by atoms with E-state index in [2.05, 4.69) is 25.9 Å². The van der Waals surface area contributed by atoms with Crippen molar-refractivity contribution >= 4 is 40.6 Å². The van der Waals surface area contributed by atoms with E-state index in [9.17, 15) is 29.4 Å². The van der Waals surface area contributed by atoms with E-state index in [0.29, 0.717) is 24.9 Å². The number of para-hydroxylation sites is 1. The largest absolute Gasteiger partial charge is 0.480 e. The van der Waals surface area contributed by atoms with Gasteiger partial charge in [-0.1, -0.05) is 38.5 Å². The number of carboxylic acid groups (broad SMARTS) is 1. The molecule has 2 aromatic rings. The molecule has 3 amide bonds. The molecule has 0 radical (unpaired) electrons. The zero-order valence-corrected chi connectivity index (χ0v) is 23.6. The van der Waals surface area contributed by atoms with Gasteiger partial charge in [0.15, 0.2) is 12.0 Å². The molecule has 1 heterocycles. The first-order valence-corrected chi connectivity index (χ1v) is 13.5. The Hall–Kier alpha value is -4.17. The minimum atomic E-state index is -1.59. The number of fused-ring (bicyclic) bond motifs is 1. The van der Waals surface area contributed by atoms with Gasteiger partial charge >= 0.3 is 5.97 Å². The molecule has 226 valence electrons. The van der Waals surface area contributed by atoms with Crippen molar-refractivity contribution in [3.63, 3.8) is 0 Å². The van der Waals surface area contributed by atoms with Crippen molar-refractivity contribution in [1.29, 1.82) is 0 Å². The van der Waals surface area contributed by atoms with Crippen molar-refractivity contribution in [3.8, 4) is 0 Å². The monoisotopic (exact) mass is 574 g/mol. The first-order chi connectivity index (χ1) is 19.3. The second kappa shape index (κ2) is 15.6. The number of hydrogen-bond acceptors (Lipinski definition) is 7. The Morgan fingerprint density at radius 1 is 1.00 bits per heavy atom. The summed E-state index contributed by atoms with van der Waals surface area (Å²) in [7, 11) is 0. The minimum Gasteiger partial charge on any atom is -0.480 e. The standard InChI is InChI=1S/C27H42N8O6/c1-4-14(2)21(34-23(37)18(28)9-7-11-31-27(29)30)25(39)33-20(24(38)35-22(15(3)36)26(40)41)12-16-13-32-19-10-6-5-8-17(16)19/h5-6,8,10,13-15,18,20-22,32,36H,4,7,9,11-12,28H2,1-3H3,(H,33,39)(H,34,37)(H,35,38)(H,40,41)(H4,29,30,31). The van der Waals surface area contributed by atoms with Gasteiger partial charge in [-0.05, 0) is 37.3 Å². The van der Waals surface area contributed by atoms with Crippen LogP contribution in [0, 0.1) is 5.92 Å². The van der Waals surface area contributed by atoms with Gasteiger partial charge in [-0.25, -0.2) is 4.79 Å². The average Bonchev–Trinajstić information content (AvgIpc) is 3.33. The highest BCUT2D eigenvalue weighted by atomic mass is 16.4. The van der Waals surface area contributed by atoms with Crippen molar-refractivity contribution in [2.45, 2.75) is 76.7 Å². The molecule has 1 aromatic heterocycles. The third kappa shape index (κ3) is 9.76. The number of aliphatic hydroxyl groups excluding tert-OH is 1. The van der Waals surface area contributed by atoms with Crippen molar-refractivity contribution in [3.05, 3.63) is 36.0 Å². The number of guanidine groups is 1. The number of aliphatic imine (C=N–C) groups is 1. The van der Waals surface area contributed by atoms with E-state index < -0.39 is 54.0 Å². The Labute approximate surface area is 238 Å². The number of carbonyl (C=O) groups excluding carboxylic acids is 3. The van der Waals surface area contributed by atoms with Crippen molar-refractivity contribution in [2.24, 2.45) is 28.1 Å². The lowest BCUT2D eigenvalue weighted by Gasteiger charge is -2.28. The molecule has 14 nitrogen and oxygen atoms in total. The predicted molar refractivity (Wildman–Crippen MR) is 154 cm³/mol. The molecule has 14 heteroatoms. The zero-order chi connectivity index (χ0) is 30.7. The van der Waals surface area contributed by atoms with Crippen LogP contribution in [-0.2, 0) is 25.6 Å². The number of H-pyrrole nitrogens is 1. The highest BCUT2D eigenvalue weighted by Gasteiger charge is 2.34. The molecule has 0 aliphatic rings. The fourth-order valence-corrected chi connectivity index (χ4v) is 4.25. The Bertz CT molecular complexity index is 1230. The van der Waals surface area contributed by atoms with Crippen LogP contribution in [0.3, 0.4) is 0 Å². The van der Waals surface area contributed by atoms with Gasteiger partial charge in [-0.15, -0.1) is 0 Å². The molecule has 6 atom stereocenters. The number of aromatic nitrogens is 1. The Morgan fingerprint density at radius 2 is 1.66 bits per heavy atom. The van der Waals surface area contributed by atoms with E-state index in [1.165, 1.54) is 6.92 Å². The SMILES string of the molecule is CCC(C)C(NC(=O)C(N)CCCN=C(N)N)C(=O)NC(Cc1c[nH]c2ccccc12)C(=O)NC(C(=O)O)C(C)O. The normalized spacial score (nSPS) is 15.5. The lowest BCUT2D eigenvalue weighted by molar-refractivity contribution is -0.145. The van der Waals surface area contributed by atoms with Crippen LogP contribution in [0.15, 0.2) is 35.5 Å². The molecule has 0 bridgehead atoms. The Kier molecular flexibility index (Phi) is 12.5. The minimum absolute atomic E-state index is 0.0131. The molecule has 0 saturated carbocycles.